The highest BCUT2D eigenvalue weighted by Crippen LogP contribution is 2.34. The van der Waals surface area contributed by atoms with Gasteiger partial charge in [-0.15, -0.1) is 0 Å². The molecular formula is C48H66N6O6. The van der Waals surface area contributed by atoms with Gasteiger partial charge < -0.3 is 38.6 Å². The molecule has 2 aromatic heterocycles. The lowest BCUT2D eigenvalue weighted by Gasteiger charge is -2.31. The molecule has 0 bridgehead atoms. The molecule has 6 heterocycles. The summed E-state index contributed by atoms with van der Waals surface area (Å²) in [5.41, 5.74) is 7.27. The minimum absolute atomic E-state index is 0.105. The van der Waals surface area contributed by atoms with E-state index >= 15 is 0 Å². The van der Waals surface area contributed by atoms with Gasteiger partial charge in [0.15, 0.2) is 0 Å². The number of likely N-dealkylation sites (tertiary alicyclic amines) is 2. The number of hydrogen-bond acceptors (Lipinski definition) is 6. The van der Waals surface area contributed by atoms with Gasteiger partial charge in [-0.05, 0) is 122 Å². The number of aromatic nitrogens is 2. The number of nitrogens with one attached hydrogen (secondary N) is 1. The van der Waals surface area contributed by atoms with E-state index in [-0.39, 0.29) is 24.0 Å². The lowest BCUT2D eigenvalue weighted by atomic mass is 9.98. The van der Waals surface area contributed by atoms with Gasteiger partial charge in [0.25, 0.3) is 11.8 Å². The zero-order valence-electron chi connectivity index (χ0n) is 37.4. The molecule has 8 rings (SSSR count). The van der Waals surface area contributed by atoms with Crippen molar-refractivity contribution in [1.82, 2.24) is 29.2 Å². The molecule has 12 heteroatoms. The lowest BCUT2D eigenvalue weighted by Crippen LogP contribution is -2.40. The molecular weight excluding hydrogens is 757 g/mol. The molecule has 2 saturated heterocycles. The van der Waals surface area contributed by atoms with Crippen molar-refractivity contribution < 1.29 is 28.7 Å². The van der Waals surface area contributed by atoms with Gasteiger partial charge in [0.05, 0.1) is 13.1 Å². The van der Waals surface area contributed by atoms with Crippen LogP contribution in [0.4, 0.5) is 9.59 Å². The fourth-order valence-corrected chi connectivity index (χ4v) is 9.04. The van der Waals surface area contributed by atoms with Gasteiger partial charge in [0, 0.05) is 114 Å². The normalized spacial score (nSPS) is 17.9. The van der Waals surface area contributed by atoms with Crippen LogP contribution >= 0.6 is 0 Å². The summed E-state index contributed by atoms with van der Waals surface area (Å²) in [5, 5.41) is 2.12. The average molecular weight is 823 g/mol. The van der Waals surface area contributed by atoms with Crippen molar-refractivity contribution >= 4 is 45.8 Å². The molecule has 0 aliphatic carbocycles. The van der Waals surface area contributed by atoms with Gasteiger partial charge in [0.2, 0.25) is 0 Å². The number of benzene rings is 2. The third-order valence-electron chi connectivity index (χ3n) is 12.5. The van der Waals surface area contributed by atoms with E-state index in [1.54, 1.807) is 9.80 Å². The predicted molar refractivity (Wildman–Crippen MR) is 235 cm³/mol. The topological polar surface area (TPSA) is 120 Å². The van der Waals surface area contributed by atoms with Crippen molar-refractivity contribution in [3.8, 4) is 0 Å². The van der Waals surface area contributed by atoms with Crippen LogP contribution in [0.25, 0.3) is 21.8 Å². The van der Waals surface area contributed by atoms with Crippen LogP contribution in [0.5, 0.6) is 0 Å². The van der Waals surface area contributed by atoms with E-state index < -0.39 is 11.2 Å². The fourth-order valence-electron chi connectivity index (χ4n) is 9.04. The van der Waals surface area contributed by atoms with Crippen LogP contribution in [-0.4, -0.2) is 104 Å². The summed E-state index contributed by atoms with van der Waals surface area (Å²) in [6.45, 7) is 24.5. The van der Waals surface area contributed by atoms with Gasteiger partial charge >= 0.3 is 12.2 Å². The first-order valence-corrected chi connectivity index (χ1v) is 22.2. The predicted octanol–water partition coefficient (Wildman–Crippen LogP) is 9.16. The monoisotopic (exact) mass is 823 g/mol. The highest BCUT2D eigenvalue weighted by atomic mass is 16.6. The summed E-state index contributed by atoms with van der Waals surface area (Å²) in [7, 11) is 0. The lowest BCUT2D eigenvalue weighted by molar-refractivity contribution is 0.0213. The Morgan fingerprint density at radius 1 is 0.633 bits per heavy atom. The highest BCUT2D eigenvalue weighted by Gasteiger charge is 2.32. The Labute approximate surface area is 355 Å². The third kappa shape index (κ3) is 9.47. The summed E-state index contributed by atoms with van der Waals surface area (Å²) in [6, 6.07) is 12.0. The number of amides is 4. The number of aromatic amines is 1. The molecule has 1 N–H and O–H groups in total. The van der Waals surface area contributed by atoms with E-state index in [1.165, 1.54) is 5.69 Å². The summed E-state index contributed by atoms with van der Waals surface area (Å²) >= 11 is 0. The summed E-state index contributed by atoms with van der Waals surface area (Å²) in [6.07, 6.45) is 5.27. The van der Waals surface area contributed by atoms with E-state index in [0.717, 1.165) is 121 Å². The SMILES string of the molecule is CC1CCN(C(=O)c2ccc3[nH]c4c(c3c2)CN(C(=O)OC(C)(C)C)CC4)CC1.CCn1c2c(c3cc(C(=O)N4CCC(C)CC4)ccc31)CN(C(=O)OC(C)(C)C)CC2. The number of H-pyrrole nitrogens is 1. The van der Waals surface area contributed by atoms with Gasteiger partial charge in [-0.3, -0.25) is 9.59 Å². The Morgan fingerprint density at radius 2 is 1.12 bits per heavy atom. The zero-order chi connectivity index (χ0) is 43.1. The number of carbonyl (C=O) groups excluding carboxylic acids is 4. The highest BCUT2D eigenvalue weighted by molar-refractivity contribution is 6.00. The molecule has 60 heavy (non-hydrogen) atoms. The smallest absolute Gasteiger partial charge is 0.410 e. The molecule has 0 atom stereocenters. The Hall–Kier alpha value is -5.00. The maximum Gasteiger partial charge on any atom is 0.410 e. The first-order chi connectivity index (χ1) is 28.4. The number of rotatable bonds is 3. The maximum absolute atomic E-state index is 13.2. The largest absolute Gasteiger partial charge is 0.444 e. The van der Waals surface area contributed by atoms with Crippen LogP contribution < -0.4 is 0 Å². The summed E-state index contributed by atoms with van der Waals surface area (Å²) in [5.74, 6) is 1.60. The number of aryl methyl sites for hydroxylation is 1. The number of carbonyl (C=O) groups is 4. The summed E-state index contributed by atoms with van der Waals surface area (Å²) in [4.78, 5) is 62.3. The number of piperidine rings is 2. The quantitative estimate of drug-likeness (QED) is 0.220. The minimum atomic E-state index is -0.514. The van der Waals surface area contributed by atoms with Crippen LogP contribution in [0.3, 0.4) is 0 Å². The first-order valence-electron chi connectivity index (χ1n) is 22.2. The van der Waals surface area contributed by atoms with Gasteiger partial charge in [-0.25, -0.2) is 9.59 Å². The van der Waals surface area contributed by atoms with E-state index in [9.17, 15) is 19.2 Å². The molecule has 12 nitrogen and oxygen atoms in total. The number of hydrogen-bond donors (Lipinski definition) is 1. The average Bonchev–Trinajstić information content (AvgIpc) is 3.73. The molecule has 324 valence electrons. The Kier molecular flexibility index (Phi) is 12.3. The zero-order valence-corrected chi connectivity index (χ0v) is 37.4. The molecule has 4 aromatic rings. The molecule has 2 aromatic carbocycles. The van der Waals surface area contributed by atoms with Crippen LogP contribution in [0.15, 0.2) is 36.4 Å². The van der Waals surface area contributed by atoms with Crippen molar-refractivity contribution in [3.05, 3.63) is 70.0 Å². The van der Waals surface area contributed by atoms with Gasteiger partial charge in [0.1, 0.15) is 11.2 Å². The van der Waals surface area contributed by atoms with Crippen molar-refractivity contribution in [2.75, 3.05) is 39.3 Å². The molecule has 2 fully saturated rings. The third-order valence-corrected chi connectivity index (χ3v) is 12.5. The molecule has 0 radical (unpaired) electrons. The Morgan fingerprint density at radius 3 is 1.63 bits per heavy atom. The molecule has 4 aliphatic heterocycles. The van der Waals surface area contributed by atoms with Crippen molar-refractivity contribution in [2.24, 2.45) is 11.8 Å². The first kappa shape index (κ1) is 43.1. The van der Waals surface area contributed by atoms with Crippen molar-refractivity contribution in [1.29, 1.82) is 0 Å². The van der Waals surface area contributed by atoms with Crippen molar-refractivity contribution in [3.63, 3.8) is 0 Å². The van der Waals surface area contributed by atoms with Gasteiger partial charge in [-0.1, -0.05) is 13.8 Å². The van der Waals surface area contributed by atoms with Crippen LogP contribution in [0.1, 0.15) is 131 Å². The minimum Gasteiger partial charge on any atom is -0.444 e. The van der Waals surface area contributed by atoms with E-state index in [4.69, 9.17) is 9.47 Å². The molecule has 4 amide bonds. The number of nitrogens with zero attached hydrogens (tertiary/aromatic N) is 5. The molecule has 0 spiro atoms. The maximum atomic E-state index is 13.2. The summed E-state index contributed by atoms with van der Waals surface area (Å²) < 4.78 is 13.5. The second kappa shape index (κ2) is 17.2. The van der Waals surface area contributed by atoms with Gasteiger partial charge in [-0.2, -0.15) is 0 Å². The fraction of sp³-hybridized carbons (Fsp3) is 0.583. The van der Waals surface area contributed by atoms with Crippen LogP contribution in [0.2, 0.25) is 0 Å². The van der Waals surface area contributed by atoms with E-state index in [1.807, 2.05) is 81.7 Å². The Bertz CT molecular complexity index is 2240. The van der Waals surface area contributed by atoms with Crippen molar-refractivity contribution in [2.45, 2.75) is 132 Å². The van der Waals surface area contributed by atoms with E-state index in [2.05, 4.69) is 36.4 Å². The standard InChI is InChI=1S/C25H35N3O3.C23H31N3O3/c1-6-28-21-8-7-18(23(29)26-12-9-17(2)10-13-26)15-19(21)20-16-27(14-11-22(20)28)24(30)31-25(3,4)5;1-15-7-10-25(11-8-15)21(27)16-5-6-19-17(13-16)18-14-26(12-9-20(18)24-19)22(28)29-23(2,3)4/h7-8,15,17H,6,9-14,16H2,1-5H3;5-6,13,15,24H,7-12,14H2,1-4H3. The van der Waals surface area contributed by atoms with Crippen LogP contribution in [0, 0.1) is 11.8 Å². The molecule has 4 aliphatic rings. The Balaban J connectivity index is 0.000000182. The second-order valence-electron chi connectivity index (χ2n) is 19.5. The van der Waals surface area contributed by atoms with E-state index in [0.29, 0.717) is 38.0 Å². The molecule has 0 saturated carbocycles. The number of fused-ring (bicyclic) bond motifs is 6. The molecule has 0 unspecified atom stereocenters. The number of ether oxygens (including phenoxy) is 2. The second-order valence-corrected chi connectivity index (χ2v) is 19.5. The van der Waals surface area contributed by atoms with Crippen LogP contribution in [-0.2, 0) is 41.9 Å².